The molecule has 1 saturated heterocycles. The van der Waals surface area contributed by atoms with Crippen molar-refractivity contribution in [2.24, 2.45) is 5.92 Å². The first kappa shape index (κ1) is 17.5. The highest BCUT2D eigenvalue weighted by Crippen LogP contribution is 2.37. The van der Waals surface area contributed by atoms with Gasteiger partial charge >= 0.3 is 0 Å². The maximum Gasteiger partial charge on any atom is 0.223 e. The zero-order chi connectivity index (χ0) is 17.1. The Kier molecular flexibility index (Phi) is 5.59. The fourth-order valence-electron chi connectivity index (χ4n) is 3.64. The van der Waals surface area contributed by atoms with Crippen LogP contribution in [0, 0.1) is 19.8 Å². The van der Waals surface area contributed by atoms with Crippen molar-refractivity contribution in [3.05, 3.63) is 17.0 Å². The van der Waals surface area contributed by atoms with Crippen LogP contribution in [0.4, 0.5) is 0 Å². The average Bonchev–Trinajstić information content (AvgIpc) is 3.38. The number of aromatic nitrogens is 1. The van der Waals surface area contributed by atoms with Gasteiger partial charge in [-0.2, -0.15) is 0 Å². The highest BCUT2D eigenvalue weighted by atomic mass is 16.5. The second kappa shape index (κ2) is 7.68. The lowest BCUT2D eigenvalue weighted by Gasteiger charge is -2.38. The van der Waals surface area contributed by atoms with Crippen LogP contribution in [0.5, 0.6) is 0 Å². The molecule has 24 heavy (non-hydrogen) atoms. The van der Waals surface area contributed by atoms with Gasteiger partial charge in [0, 0.05) is 25.1 Å². The van der Waals surface area contributed by atoms with Crippen LogP contribution < -0.4 is 0 Å². The fourth-order valence-corrected chi connectivity index (χ4v) is 3.64. The van der Waals surface area contributed by atoms with Gasteiger partial charge in [0.25, 0.3) is 0 Å². The first-order chi connectivity index (χ1) is 11.6. The van der Waals surface area contributed by atoms with Crippen LogP contribution in [0.2, 0.25) is 0 Å². The fraction of sp³-hybridized carbons (Fsp3) is 0.789. The summed E-state index contributed by atoms with van der Waals surface area (Å²) >= 11 is 0. The lowest BCUT2D eigenvalue weighted by atomic mass is 10.0. The average molecular weight is 334 g/mol. The van der Waals surface area contributed by atoms with Gasteiger partial charge in [-0.1, -0.05) is 24.9 Å². The lowest BCUT2D eigenvalue weighted by Crippen LogP contribution is -2.50. The molecule has 5 nitrogen and oxygen atoms in total. The largest absolute Gasteiger partial charge is 0.371 e. The molecule has 2 fully saturated rings. The van der Waals surface area contributed by atoms with Gasteiger partial charge in [0.15, 0.2) is 0 Å². The zero-order valence-electron chi connectivity index (χ0n) is 15.2. The molecule has 0 N–H and O–H groups in total. The normalized spacial score (nSPS) is 24.4. The Morgan fingerprint density at radius 2 is 2.08 bits per heavy atom. The second-order valence-corrected chi connectivity index (χ2v) is 7.38. The smallest absolute Gasteiger partial charge is 0.223 e. The quantitative estimate of drug-likeness (QED) is 0.767. The van der Waals surface area contributed by atoms with Crippen molar-refractivity contribution >= 4 is 5.91 Å². The first-order valence-electron chi connectivity index (χ1n) is 9.43. The van der Waals surface area contributed by atoms with E-state index >= 15 is 0 Å². The van der Waals surface area contributed by atoms with E-state index < -0.39 is 0 Å². The van der Waals surface area contributed by atoms with Crippen molar-refractivity contribution < 1.29 is 14.1 Å². The minimum absolute atomic E-state index is 0.215. The number of rotatable bonds is 7. The van der Waals surface area contributed by atoms with E-state index in [1.165, 1.54) is 25.7 Å². The van der Waals surface area contributed by atoms with Gasteiger partial charge in [-0.05, 0) is 45.4 Å². The van der Waals surface area contributed by atoms with E-state index in [0.717, 1.165) is 36.5 Å². The monoisotopic (exact) mass is 334 g/mol. The molecule has 0 spiro atoms. The molecule has 2 aliphatic rings. The van der Waals surface area contributed by atoms with Gasteiger partial charge in [-0.3, -0.25) is 4.79 Å². The maximum atomic E-state index is 12.7. The minimum Gasteiger partial charge on any atom is -0.371 e. The Morgan fingerprint density at radius 3 is 2.71 bits per heavy atom. The number of hydrogen-bond acceptors (Lipinski definition) is 4. The van der Waals surface area contributed by atoms with Crippen molar-refractivity contribution in [2.45, 2.75) is 77.9 Å². The summed E-state index contributed by atoms with van der Waals surface area (Å²) in [7, 11) is 0. The van der Waals surface area contributed by atoms with Gasteiger partial charge < -0.3 is 14.2 Å². The van der Waals surface area contributed by atoms with E-state index in [-0.39, 0.29) is 18.1 Å². The van der Waals surface area contributed by atoms with Crippen molar-refractivity contribution in [1.29, 1.82) is 0 Å². The van der Waals surface area contributed by atoms with Crippen molar-refractivity contribution in [2.75, 3.05) is 13.1 Å². The Morgan fingerprint density at radius 1 is 1.29 bits per heavy atom. The highest BCUT2D eigenvalue weighted by molar-refractivity contribution is 5.76. The van der Waals surface area contributed by atoms with Crippen LogP contribution in [0.25, 0.3) is 0 Å². The van der Waals surface area contributed by atoms with E-state index in [1.807, 2.05) is 18.7 Å². The molecule has 2 heterocycles. The molecular formula is C19H30N2O3. The number of aryl methyl sites for hydroxylation is 2. The molecule has 1 aromatic rings. The van der Waals surface area contributed by atoms with Crippen molar-refractivity contribution in [3.63, 3.8) is 0 Å². The highest BCUT2D eigenvalue weighted by Gasteiger charge is 2.39. The topological polar surface area (TPSA) is 55.6 Å². The number of ether oxygens (including phenoxy) is 1. The molecule has 5 heteroatoms. The first-order valence-corrected chi connectivity index (χ1v) is 9.43. The molecule has 1 amide bonds. The second-order valence-electron chi connectivity index (χ2n) is 7.38. The number of amides is 1. The molecule has 0 unspecified atom stereocenters. The summed E-state index contributed by atoms with van der Waals surface area (Å²) in [6.07, 6.45) is 7.63. The number of nitrogens with zero attached hydrogens (tertiary/aromatic N) is 2. The van der Waals surface area contributed by atoms with Crippen molar-refractivity contribution in [3.8, 4) is 0 Å². The Hall–Kier alpha value is -1.36. The van der Waals surface area contributed by atoms with Crippen LogP contribution in [0.1, 0.15) is 62.5 Å². The number of carbonyl (C=O) groups is 1. The SMILES string of the molecule is CCCC[C@@H]1CN(C(=O)CCc2c(C)noc2C)C[C@H](C2CC2)O1. The Balaban J connectivity index is 1.57. The summed E-state index contributed by atoms with van der Waals surface area (Å²) in [5.41, 5.74) is 1.98. The van der Waals surface area contributed by atoms with E-state index in [2.05, 4.69) is 12.1 Å². The molecule has 134 valence electrons. The van der Waals surface area contributed by atoms with Crippen molar-refractivity contribution in [1.82, 2.24) is 10.1 Å². The molecule has 0 radical (unpaired) electrons. The number of unbranched alkanes of at least 4 members (excludes halogenated alkanes) is 1. The number of hydrogen-bond donors (Lipinski definition) is 0. The van der Waals surface area contributed by atoms with E-state index in [9.17, 15) is 4.79 Å². The summed E-state index contributed by atoms with van der Waals surface area (Å²) in [5.74, 6) is 1.75. The Bertz CT molecular complexity index is 545. The summed E-state index contributed by atoms with van der Waals surface area (Å²) in [6, 6.07) is 0. The van der Waals surface area contributed by atoms with E-state index in [1.54, 1.807) is 0 Å². The minimum atomic E-state index is 0.215. The third-order valence-corrected chi connectivity index (χ3v) is 5.34. The molecule has 0 bridgehead atoms. The van der Waals surface area contributed by atoms with Crippen LogP contribution in [0.15, 0.2) is 4.52 Å². The molecule has 3 rings (SSSR count). The molecule has 1 aliphatic carbocycles. The third-order valence-electron chi connectivity index (χ3n) is 5.34. The number of carbonyl (C=O) groups excluding carboxylic acids is 1. The number of morpholine rings is 1. The molecule has 1 aromatic heterocycles. The van der Waals surface area contributed by atoms with Gasteiger partial charge in [0.1, 0.15) is 5.76 Å². The third kappa shape index (κ3) is 4.18. The summed E-state index contributed by atoms with van der Waals surface area (Å²) in [5, 5.41) is 3.98. The van der Waals surface area contributed by atoms with E-state index in [4.69, 9.17) is 9.26 Å². The summed E-state index contributed by atoms with van der Waals surface area (Å²) in [4.78, 5) is 14.8. The van der Waals surface area contributed by atoms with Crippen LogP contribution in [-0.2, 0) is 16.0 Å². The van der Waals surface area contributed by atoms with Crippen LogP contribution in [0.3, 0.4) is 0 Å². The molecule has 2 atom stereocenters. The zero-order valence-corrected chi connectivity index (χ0v) is 15.2. The van der Waals surface area contributed by atoms with Crippen LogP contribution in [-0.4, -0.2) is 41.3 Å². The van der Waals surface area contributed by atoms with Gasteiger partial charge in [0.2, 0.25) is 5.91 Å². The van der Waals surface area contributed by atoms with Crippen LogP contribution >= 0.6 is 0 Å². The van der Waals surface area contributed by atoms with E-state index in [0.29, 0.717) is 18.8 Å². The summed E-state index contributed by atoms with van der Waals surface area (Å²) in [6.45, 7) is 7.58. The van der Waals surface area contributed by atoms with Gasteiger partial charge in [0.05, 0.1) is 17.9 Å². The molecule has 0 aromatic carbocycles. The standard InChI is InChI=1S/C19H30N2O3/c1-4-5-6-16-11-21(12-18(23-16)15-7-8-15)19(22)10-9-17-13(2)20-24-14(17)3/h15-16,18H,4-12H2,1-3H3/t16-,18-/m1/s1. The predicted octanol–water partition coefficient (Wildman–Crippen LogP) is 3.42. The molecule has 1 aliphatic heterocycles. The maximum absolute atomic E-state index is 12.7. The van der Waals surface area contributed by atoms with Gasteiger partial charge in [-0.15, -0.1) is 0 Å². The summed E-state index contributed by atoms with van der Waals surface area (Å²) < 4.78 is 11.5. The molecule has 1 saturated carbocycles. The molecular weight excluding hydrogens is 304 g/mol. The lowest BCUT2D eigenvalue weighted by molar-refractivity contribution is -0.148. The van der Waals surface area contributed by atoms with Gasteiger partial charge in [-0.25, -0.2) is 0 Å². The Labute approximate surface area is 144 Å². The predicted molar refractivity (Wildman–Crippen MR) is 91.8 cm³/mol.